The average Bonchev–Trinajstić information content (AvgIpc) is 2.96. The predicted molar refractivity (Wildman–Crippen MR) is 161 cm³/mol. The third-order valence-electron chi connectivity index (χ3n) is 7.48. The van der Waals surface area contributed by atoms with E-state index in [1.807, 2.05) is 0 Å². The van der Waals surface area contributed by atoms with Crippen molar-refractivity contribution in [2.75, 3.05) is 26.4 Å². The van der Waals surface area contributed by atoms with Crippen molar-refractivity contribution in [2.45, 2.75) is 160 Å². The first-order valence-electron chi connectivity index (χ1n) is 16.3. The maximum Gasteiger partial charge on any atom is 0.397 e. The summed E-state index contributed by atoms with van der Waals surface area (Å²) >= 11 is 0. The maximum absolute atomic E-state index is 12.6. The fourth-order valence-corrected chi connectivity index (χ4v) is 5.47. The van der Waals surface area contributed by atoms with Gasteiger partial charge in [0.25, 0.3) is 0 Å². The number of rotatable bonds is 27. The molecule has 1 rings (SSSR count). The highest BCUT2D eigenvalue weighted by Crippen LogP contribution is 2.26. The molecule has 0 spiro atoms. The zero-order chi connectivity index (χ0) is 31.9. The lowest BCUT2D eigenvalue weighted by Crippen LogP contribution is -2.60. The molecule has 1 heterocycles. The highest BCUT2D eigenvalue weighted by Gasteiger charge is 2.48. The van der Waals surface area contributed by atoms with Crippen LogP contribution in [0.1, 0.15) is 123 Å². The summed E-state index contributed by atoms with van der Waals surface area (Å²) in [5.41, 5.74) is 0. The molecular weight excluding hydrogens is 584 g/mol. The Morgan fingerprint density at radius 1 is 0.791 bits per heavy atom. The number of hydrogen-bond donors (Lipinski definition) is 4. The van der Waals surface area contributed by atoms with Crippen molar-refractivity contribution >= 4 is 16.4 Å². The Morgan fingerprint density at radius 2 is 1.33 bits per heavy atom. The van der Waals surface area contributed by atoms with Gasteiger partial charge in [-0.3, -0.25) is 9.35 Å². The minimum atomic E-state index is -5.04. The predicted octanol–water partition coefficient (Wildman–Crippen LogP) is 4.23. The van der Waals surface area contributed by atoms with E-state index in [1.54, 1.807) is 0 Å². The molecule has 13 heteroatoms. The number of aliphatic hydroxyl groups excluding tert-OH is 3. The first-order chi connectivity index (χ1) is 20.6. The molecule has 0 aromatic rings. The Morgan fingerprint density at radius 3 is 1.86 bits per heavy atom. The third kappa shape index (κ3) is 19.3. The molecule has 0 bridgehead atoms. The molecule has 43 heavy (non-hydrogen) atoms. The van der Waals surface area contributed by atoms with Crippen molar-refractivity contribution in [1.82, 2.24) is 0 Å². The van der Waals surface area contributed by atoms with Gasteiger partial charge in [0.05, 0.1) is 19.8 Å². The fourth-order valence-electron chi connectivity index (χ4n) is 4.96. The van der Waals surface area contributed by atoms with E-state index < -0.39 is 59.8 Å². The van der Waals surface area contributed by atoms with Crippen LogP contribution in [-0.4, -0.2) is 97.5 Å². The molecule has 0 saturated carbocycles. The molecule has 1 aliphatic heterocycles. The summed E-state index contributed by atoms with van der Waals surface area (Å²) in [6.07, 6.45) is 9.01. The van der Waals surface area contributed by atoms with E-state index >= 15 is 0 Å². The summed E-state index contributed by atoms with van der Waals surface area (Å²) in [5, 5.41) is 30.3. The first kappa shape index (κ1) is 40.1. The zero-order valence-electron chi connectivity index (χ0n) is 26.3. The van der Waals surface area contributed by atoms with Crippen molar-refractivity contribution in [1.29, 1.82) is 0 Å². The molecule has 1 fully saturated rings. The van der Waals surface area contributed by atoms with Crippen LogP contribution in [0, 0.1) is 0 Å². The molecular formula is C30H58O12S. The van der Waals surface area contributed by atoms with Crippen molar-refractivity contribution in [3.63, 3.8) is 0 Å². The Kier molecular flexibility index (Phi) is 22.7. The van der Waals surface area contributed by atoms with Gasteiger partial charge in [-0.2, -0.15) is 8.42 Å². The molecule has 0 aliphatic carbocycles. The highest BCUT2D eigenvalue weighted by atomic mass is 32.3. The summed E-state index contributed by atoms with van der Waals surface area (Å²) < 4.78 is 58.3. The van der Waals surface area contributed by atoms with Crippen LogP contribution in [0.25, 0.3) is 0 Å². The Labute approximate surface area is 258 Å². The molecule has 12 nitrogen and oxygen atoms in total. The molecule has 4 N–H and O–H groups in total. The van der Waals surface area contributed by atoms with E-state index in [0.717, 1.165) is 38.5 Å². The van der Waals surface area contributed by atoms with Gasteiger partial charge in [-0.05, 0) is 12.8 Å². The number of esters is 1. The topological polar surface area (TPSA) is 178 Å². The quantitative estimate of drug-likeness (QED) is 0.0570. The summed E-state index contributed by atoms with van der Waals surface area (Å²) in [6.45, 7) is 3.88. The van der Waals surface area contributed by atoms with Crippen LogP contribution in [0.3, 0.4) is 0 Å². The Bertz CT molecular complexity index is 796. The average molecular weight is 643 g/mol. The highest BCUT2D eigenvalue weighted by molar-refractivity contribution is 7.80. The number of carbonyl (C=O) groups is 1. The number of carbonyl (C=O) groups excluding carboxylic acids is 1. The molecule has 6 atom stereocenters. The number of unbranched alkanes of at least 4 members (excludes halogenated alkanes) is 14. The lowest BCUT2D eigenvalue weighted by Gasteiger charge is -2.41. The molecule has 0 aromatic heterocycles. The first-order valence-corrected chi connectivity index (χ1v) is 17.7. The summed E-state index contributed by atoms with van der Waals surface area (Å²) in [7, 11) is -5.04. The van der Waals surface area contributed by atoms with Gasteiger partial charge in [-0.1, -0.05) is 104 Å². The normalized spacial score (nSPS) is 23.3. The summed E-state index contributed by atoms with van der Waals surface area (Å²) in [5.74, 6) is -0.407. The van der Waals surface area contributed by atoms with Gasteiger partial charge < -0.3 is 34.3 Å². The number of hydrogen-bond acceptors (Lipinski definition) is 11. The second-order valence-corrected chi connectivity index (χ2v) is 12.5. The van der Waals surface area contributed by atoms with Crippen LogP contribution in [0.5, 0.6) is 0 Å². The summed E-state index contributed by atoms with van der Waals surface area (Å²) in [4.78, 5) is 12.6. The van der Waals surface area contributed by atoms with Crippen LogP contribution in [0.2, 0.25) is 0 Å². The van der Waals surface area contributed by atoms with Crippen molar-refractivity contribution in [3.05, 3.63) is 0 Å². The molecule has 6 unspecified atom stereocenters. The van der Waals surface area contributed by atoms with E-state index in [9.17, 15) is 28.5 Å². The van der Waals surface area contributed by atoms with Gasteiger partial charge in [-0.25, -0.2) is 4.18 Å². The fraction of sp³-hybridized carbons (Fsp3) is 0.967. The number of ether oxygens (including phenoxy) is 4. The van der Waals surface area contributed by atoms with Gasteiger partial charge in [-0.15, -0.1) is 0 Å². The molecule has 0 radical (unpaired) electrons. The van der Waals surface area contributed by atoms with E-state index in [-0.39, 0.29) is 19.6 Å². The van der Waals surface area contributed by atoms with E-state index in [2.05, 4.69) is 18.0 Å². The van der Waals surface area contributed by atoms with Crippen molar-refractivity contribution in [2.24, 2.45) is 0 Å². The van der Waals surface area contributed by atoms with E-state index in [0.29, 0.717) is 13.0 Å². The zero-order valence-corrected chi connectivity index (χ0v) is 27.1. The molecule has 1 aliphatic rings. The molecule has 0 amide bonds. The van der Waals surface area contributed by atoms with Gasteiger partial charge in [0.2, 0.25) is 0 Å². The van der Waals surface area contributed by atoms with E-state index in [4.69, 9.17) is 23.5 Å². The second kappa shape index (κ2) is 24.3. The minimum Gasteiger partial charge on any atom is -0.457 e. The van der Waals surface area contributed by atoms with Crippen LogP contribution in [0.4, 0.5) is 0 Å². The monoisotopic (exact) mass is 642 g/mol. The largest absolute Gasteiger partial charge is 0.457 e. The van der Waals surface area contributed by atoms with Crippen molar-refractivity contribution < 1.29 is 56.2 Å². The summed E-state index contributed by atoms with van der Waals surface area (Å²) in [6, 6.07) is 0. The lowest BCUT2D eigenvalue weighted by molar-refractivity contribution is -0.301. The second-order valence-electron chi connectivity index (χ2n) is 11.4. The smallest absolute Gasteiger partial charge is 0.397 e. The third-order valence-corrected chi connectivity index (χ3v) is 7.94. The Balaban J connectivity index is 2.60. The maximum atomic E-state index is 12.6. The molecule has 1 saturated heterocycles. The van der Waals surface area contributed by atoms with Gasteiger partial charge in [0, 0.05) is 13.0 Å². The van der Waals surface area contributed by atoms with Crippen LogP contribution < -0.4 is 0 Å². The Hall–Kier alpha value is -0.900. The van der Waals surface area contributed by atoms with Gasteiger partial charge in [0.1, 0.15) is 30.5 Å². The minimum absolute atomic E-state index is 0.0413. The van der Waals surface area contributed by atoms with Crippen LogP contribution in [-0.2, 0) is 38.3 Å². The van der Waals surface area contributed by atoms with Crippen LogP contribution in [0.15, 0.2) is 0 Å². The van der Waals surface area contributed by atoms with Crippen LogP contribution >= 0.6 is 0 Å². The molecule has 0 aromatic carbocycles. The van der Waals surface area contributed by atoms with Gasteiger partial charge >= 0.3 is 16.4 Å². The lowest BCUT2D eigenvalue weighted by atomic mass is 9.99. The van der Waals surface area contributed by atoms with Gasteiger partial charge in [0.15, 0.2) is 6.29 Å². The molecule has 256 valence electrons. The van der Waals surface area contributed by atoms with E-state index in [1.165, 1.54) is 57.8 Å². The van der Waals surface area contributed by atoms with Crippen molar-refractivity contribution in [3.8, 4) is 0 Å². The standard InChI is InChI=1S/C30H58O12S/c1-3-5-7-9-11-12-14-16-18-20-38-22-24(40-26(32)19-17-15-13-10-8-6-4-2)23-39-30-28(34)29(42-43(35,36)37)27(33)25(21-31)41-30/h24-25,27-31,33-34H,3-23H2,1-2H3,(H,35,36,37). The SMILES string of the molecule is CCCCCCCCCCCOCC(COC1OC(CO)C(O)C(OS(=O)(=O)O)C1O)OC(=O)CCCCCCCCC. The number of aliphatic hydroxyl groups is 3.